The highest BCUT2D eigenvalue weighted by Crippen LogP contribution is 2.48. The van der Waals surface area contributed by atoms with Crippen LogP contribution in [0.4, 0.5) is 0 Å². The molecule has 1 unspecified atom stereocenters. The molecule has 1 saturated carbocycles. The van der Waals surface area contributed by atoms with E-state index in [1.54, 1.807) is 7.11 Å². The fraction of sp³-hybridized carbons (Fsp3) is 0.667. The number of nitrogens with zero attached hydrogens (tertiary/aromatic N) is 1. The number of methoxy groups -OCH3 is 1. The monoisotopic (exact) mass is 296 g/mol. The van der Waals surface area contributed by atoms with Gasteiger partial charge in [0.1, 0.15) is 5.02 Å². The zero-order valence-electron chi connectivity index (χ0n) is 11.8. The van der Waals surface area contributed by atoms with E-state index >= 15 is 0 Å². The van der Waals surface area contributed by atoms with E-state index in [1.165, 1.54) is 25.7 Å². The third-order valence-electron chi connectivity index (χ3n) is 4.77. The van der Waals surface area contributed by atoms with Gasteiger partial charge in [-0.3, -0.25) is 0 Å². The van der Waals surface area contributed by atoms with Crippen LogP contribution in [0, 0.1) is 5.41 Å². The van der Waals surface area contributed by atoms with Gasteiger partial charge in [0.05, 0.1) is 7.11 Å². The van der Waals surface area contributed by atoms with Crippen molar-refractivity contribution in [3.63, 3.8) is 0 Å². The summed E-state index contributed by atoms with van der Waals surface area (Å²) in [5.41, 5.74) is 1.58. The van der Waals surface area contributed by atoms with Crippen molar-refractivity contribution in [2.75, 3.05) is 20.3 Å². The Morgan fingerprint density at radius 3 is 2.85 bits per heavy atom. The number of nitrogens with one attached hydrogen (secondary N) is 1. The molecule has 1 N–H and O–H groups in total. The van der Waals surface area contributed by atoms with Gasteiger partial charge in [-0.25, -0.2) is 4.98 Å². The molecule has 1 atom stereocenters. The molecule has 1 aliphatic heterocycles. The van der Waals surface area contributed by atoms with Crippen molar-refractivity contribution in [2.24, 2.45) is 5.41 Å². The number of ether oxygens (including phenoxy) is 2. The van der Waals surface area contributed by atoms with Gasteiger partial charge in [0.25, 0.3) is 0 Å². The van der Waals surface area contributed by atoms with Crippen LogP contribution in [0.25, 0.3) is 0 Å². The lowest BCUT2D eigenvalue weighted by Crippen LogP contribution is -2.55. The molecule has 1 saturated heterocycles. The van der Waals surface area contributed by atoms with Gasteiger partial charge in [0.2, 0.25) is 5.88 Å². The number of halogens is 1. The molecule has 5 heteroatoms. The van der Waals surface area contributed by atoms with E-state index in [-0.39, 0.29) is 0 Å². The third-order valence-corrected chi connectivity index (χ3v) is 5.04. The fourth-order valence-corrected chi connectivity index (χ4v) is 3.61. The van der Waals surface area contributed by atoms with Crippen LogP contribution >= 0.6 is 11.6 Å². The maximum Gasteiger partial charge on any atom is 0.232 e. The predicted molar refractivity (Wildman–Crippen MR) is 78.1 cm³/mol. The second-order valence-corrected chi connectivity index (χ2v) is 6.19. The van der Waals surface area contributed by atoms with Crippen molar-refractivity contribution < 1.29 is 9.47 Å². The Balaban J connectivity index is 1.58. The second kappa shape index (κ2) is 5.88. The van der Waals surface area contributed by atoms with Gasteiger partial charge in [-0.1, -0.05) is 11.6 Å². The Morgan fingerprint density at radius 1 is 1.45 bits per heavy atom. The standard InChI is InChI=1S/C15H21ClN2O2/c1-19-14-12(16)8-11(10-18-14)9-17-13-2-3-15(13)4-6-20-7-5-15/h8,10,13,17H,2-7,9H2,1H3. The minimum Gasteiger partial charge on any atom is -0.480 e. The summed E-state index contributed by atoms with van der Waals surface area (Å²) in [6.07, 6.45) is 6.79. The molecule has 0 aromatic carbocycles. The van der Waals surface area contributed by atoms with Gasteiger partial charge < -0.3 is 14.8 Å². The first-order valence-corrected chi connectivity index (χ1v) is 7.61. The Hall–Kier alpha value is -0.840. The van der Waals surface area contributed by atoms with Crippen molar-refractivity contribution in [3.05, 3.63) is 22.8 Å². The summed E-state index contributed by atoms with van der Waals surface area (Å²) < 4.78 is 10.6. The quantitative estimate of drug-likeness (QED) is 0.928. The van der Waals surface area contributed by atoms with Crippen LogP contribution in [0.15, 0.2) is 12.3 Å². The summed E-state index contributed by atoms with van der Waals surface area (Å²) >= 11 is 6.10. The van der Waals surface area contributed by atoms with Gasteiger partial charge in [-0.15, -0.1) is 0 Å². The summed E-state index contributed by atoms with van der Waals surface area (Å²) in [5, 5.41) is 4.24. The lowest BCUT2D eigenvalue weighted by Gasteiger charge is -2.52. The molecular weight excluding hydrogens is 276 g/mol. The molecule has 1 spiro atoms. The Kier molecular flexibility index (Phi) is 4.15. The second-order valence-electron chi connectivity index (χ2n) is 5.78. The van der Waals surface area contributed by atoms with E-state index < -0.39 is 0 Å². The molecule has 1 aromatic rings. The van der Waals surface area contributed by atoms with Gasteiger partial charge in [0.15, 0.2) is 0 Å². The molecule has 20 heavy (non-hydrogen) atoms. The molecule has 0 bridgehead atoms. The molecule has 1 aliphatic carbocycles. The Labute approximate surface area is 124 Å². The molecule has 4 nitrogen and oxygen atoms in total. The molecule has 3 rings (SSSR count). The van der Waals surface area contributed by atoms with E-state index in [1.807, 2.05) is 12.3 Å². The van der Waals surface area contributed by atoms with Gasteiger partial charge in [-0.2, -0.15) is 0 Å². The maximum atomic E-state index is 6.10. The highest BCUT2D eigenvalue weighted by molar-refractivity contribution is 6.31. The molecule has 2 fully saturated rings. The molecule has 1 aromatic heterocycles. The molecule has 2 heterocycles. The summed E-state index contributed by atoms with van der Waals surface area (Å²) in [7, 11) is 1.58. The van der Waals surface area contributed by atoms with E-state index in [0.717, 1.165) is 25.3 Å². The first-order chi connectivity index (χ1) is 9.73. The first kappa shape index (κ1) is 14.1. The van der Waals surface area contributed by atoms with Crippen LogP contribution in [-0.4, -0.2) is 31.3 Å². The summed E-state index contributed by atoms with van der Waals surface area (Å²) in [6, 6.07) is 2.53. The molecule has 110 valence electrons. The number of hydrogen-bond donors (Lipinski definition) is 1. The molecule has 0 radical (unpaired) electrons. The van der Waals surface area contributed by atoms with E-state index in [9.17, 15) is 0 Å². The van der Waals surface area contributed by atoms with Crippen LogP contribution in [0.1, 0.15) is 31.2 Å². The number of rotatable bonds is 4. The minimum absolute atomic E-state index is 0.474. The normalized spacial score (nSPS) is 24.4. The summed E-state index contributed by atoms with van der Waals surface area (Å²) in [6.45, 7) is 2.63. The van der Waals surface area contributed by atoms with Crippen molar-refractivity contribution in [1.82, 2.24) is 10.3 Å². The zero-order valence-corrected chi connectivity index (χ0v) is 12.6. The van der Waals surface area contributed by atoms with Gasteiger partial charge in [-0.05, 0) is 42.7 Å². The molecular formula is C15H21ClN2O2. The summed E-state index contributed by atoms with van der Waals surface area (Å²) in [5.74, 6) is 0.486. The number of pyridine rings is 1. The lowest BCUT2D eigenvalue weighted by atomic mass is 9.60. The van der Waals surface area contributed by atoms with Crippen molar-refractivity contribution in [1.29, 1.82) is 0 Å². The predicted octanol–water partition coefficient (Wildman–Crippen LogP) is 2.79. The third kappa shape index (κ3) is 2.65. The van der Waals surface area contributed by atoms with Crippen molar-refractivity contribution in [3.8, 4) is 5.88 Å². The first-order valence-electron chi connectivity index (χ1n) is 7.23. The Bertz CT molecular complexity index is 475. The average Bonchev–Trinajstić information content (AvgIpc) is 2.47. The van der Waals surface area contributed by atoms with E-state index in [0.29, 0.717) is 22.4 Å². The van der Waals surface area contributed by atoms with E-state index in [2.05, 4.69) is 10.3 Å². The average molecular weight is 297 g/mol. The van der Waals surface area contributed by atoms with Crippen LogP contribution in [0.5, 0.6) is 5.88 Å². The van der Waals surface area contributed by atoms with Gasteiger partial charge in [0, 0.05) is 32.0 Å². The molecule has 2 aliphatic rings. The van der Waals surface area contributed by atoms with Crippen molar-refractivity contribution in [2.45, 2.75) is 38.3 Å². The highest BCUT2D eigenvalue weighted by Gasteiger charge is 2.46. The zero-order chi connectivity index (χ0) is 14.0. The summed E-state index contributed by atoms with van der Waals surface area (Å²) in [4.78, 5) is 4.21. The van der Waals surface area contributed by atoms with E-state index in [4.69, 9.17) is 21.1 Å². The van der Waals surface area contributed by atoms with Gasteiger partial charge >= 0.3 is 0 Å². The largest absolute Gasteiger partial charge is 0.480 e. The van der Waals surface area contributed by atoms with Crippen LogP contribution in [-0.2, 0) is 11.3 Å². The highest BCUT2D eigenvalue weighted by atomic mass is 35.5. The van der Waals surface area contributed by atoms with Crippen LogP contribution in [0.2, 0.25) is 5.02 Å². The molecule has 0 amide bonds. The van der Waals surface area contributed by atoms with Crippen molar-refractivity contribution >= 4 is 11.6 Å². The Morgan fingerprint density at radius 2 is 2.25 bits per heavy atom. The number of aromatic nitrogens is 1. The van der Waals surface area contributed by atoms with Crippen LogP contribution < -0.4 is 10.1 Å². The van der Waals surface area contributed by atoms with Crippen LogP contribution in [0.3, 0.4) is 0 Å². The fourth-order valence-electron chi connectivity index (χ4n) is 3.34. The SMILES string of the molecule is COc1ncc(CNC2CCC23CCOCC3)cc1Cl. The topological polar surface area (TPSA) is 43.4 Å². The number of hydrogen-bond acceptors (Lipinski definition) is 4. The lowest BCUT2D eigenvalue weighted by molar-refractivity contribution is -0.0552. The maximum absolute atomic E-state index is 6.10. The minimum atomic E-state index is 0.474. The smallest absolute Gasteiger partial charge is 0.232 e.